The first-order valence-electron chi connectivity index (χ1n) is 6.56. The van der Waals surface area contributed by atoms with Crippen molar-refractivity contribution in [3.05, 3.63) is 17.0 Å². The van der Waals surface area contributed by atoms with Crippen LogP contribution in [0, 0.1) is 13.8 Å². The minimum atomic E-state index is -0.603. The lowest BCUT2D eigenvalue weighted by molar-refractivity contribution is -0.124. The third kappa shape index (κ3) is 3.57. The van der Waals surface area contributed by atoms with E-state index < -0.39 is 5.97 Å². The second-order valence-corrected chi connectivity index (χ2v) is 4.71. The van der Waals surface area contributed by atoms with Gasteiger partial charge in [-0.25, -0.2) is 4.79 Å². The van der Waals surface area contributed by atoms with Gasteiger partial charge < -0.3 is 19.3 Å². The fourth-order valence-electron chi connectivity index (χ4n) is 2.06. The molecule has 0 aliphatic carbocycles. The highest BCUT2D eigenvalue weighted by Crippen LogP contribution is 2.13. The lowest BCUT2D eigenvalue weighted by Crippen LogP contribution is -2.34. The Hall–Kier alpha value is -1.89. The summed E-state index contributed by atoms with van der Waals surface area (Å²) in [5, 5.41) is 6.33. The Morgan fingerprint density at radius 2 is 2.25 bits per heavy atom. The van der Waals surface area contributed by atoms with E-state index in [2.05, 4.69) is 10.5 Å². The zero-order valence-electron chi connectivity index (χ0n) is 11.6. The number of carbonyl (C=O) groups is 2. The molecule has 1 amide bonds. The van der Waals surface area contributed by atoms with Gasteiger partial charge in [0.05, 0.1) is 11.8 Å². The summed E-state index contributed by atoms with van der Waals surface area (Å²) in [6, 6.07) is 0. The van der Waals surface area contributed by atoms with E-state index in [-0.39, 0.29) is 24.2 Å². The molecule has 0 radical (unpaired) electrons. The first kappa shape index (κ1) is 14.5. The van der Waals surface area contributed by atoms with Gasteiger partial charge in [0.1, 0.15) is 11.3 Å². The predicted octanol–water partition coefficient (Wildman–Crippen LogP) is 0.743. The Morgan fingerprint density at radius 1 is 1.45 bits per heavy atom. The third-order valence-electron chi connectivity index (χ3n) is 3.12. The van der Waals surface area contributed by atoms with Crippen LogP contribution in [0.25, 0.3) is 0 Å². The van der Waals surface area contributed by atoms with Gasteiger partial charge in [0.25, 0.3) is 5.91 Å². The molecule has 2 heterocycles. The number of aryl methyl sites for hydroxylation is 2. The van der Waals surface area contributed by atoms with Crippen molar-refractivity contribution in [2.24, 2.45) is 0 Å². The second kappa shape index (κ2) is 6.51. The Morgan fingerprint density at radius 3 is 2.85 bits per heavy atom. The maximum Gasteiger partial charge on any atom is 0.344 e. The molecule has 1 fully saturated rings. The van der Waals surface area contributed by atoms with Crippen molar-refractivity contribution in [3.63, 3.8) is 0 Å². The van der Waals surface area contributed by atoms with E-state index in [4.69, 9.17) is 14.0 Å². The molecule has 1 aromatic heterocycles. The fraction of sp³-hybridized carbons (Fsp3) is 0.615. The zero-order valence-corrected chi connectivity index (χ0v) is 11.6. The van der Waals surface area contributed by atoms with Crippen LogP contribution in [0.4, 0.5) is 0 Å². The lowest BCUT2D eigenvalue weighted by Gasteiger charge is -2.10. The van der Waals surface area contributed by atoms with E-state index in [1.165, 1.54) is 0 Å². The molecule has 110 valence electrons. The van der Waals surface area contributed by atoms with Crippen molar-refractivity contribution < 1.29 is 23.6 Å². The smallest absolute Gasteiger partial charge is 0.344 e. The number of aromatic nitrogens is 1. The summed E-state index contributed by atoms with van der Waals surface area (Å²) < 4.78 is 15.2. The molecule has 1 aromatic rings. The third-order valence-corrected chi connectivity index (χ3v) is 3.12. The molecule has 7 nitrogen and oxygen atoms in total. The summed E-state index contributed by atoms with van der Waals surface area (Å²) in [4.78, 5) is 23.3. The van der Waals surface area contributed by atoms with Crippen LogP contribution in [0.5, 0.6) is 0 Å². The average molecular weight is 282 g/mol. The number of nitrogens with zero attached hydrogens (tertiary/aromatic N) is 1. The van der Waals surface area contributed by atoms with Gasteiger partial charge in [-0.3, -0.25) is 4.79 Å². The highest BCUT2D eigenvalue weighted by Gasteiger charge is 2.20. The summed E-state index contributed by atoms with van der Waals surface area (Å²) >= 11 is 0. The largest absolute Gasteiger partial charge is 0.452 e. The normalized spacial score (nSPS) is 18.0. The molecule has 0 spiro atoms. The molecule has 1 saturated heterocycles. The SMILES string of the molecule is Cc1noc(C)c1C(=O)OCC(=O)NCC1CCCO1. The van der Waals surface area contributed by atoms with E-state index in [0.717, 1.165) is 19.4 Å². The summed E-state index contributed by atoms with van der Waals surface area (Å²) in [7, 11) is 0. The van der Waals surface area contributed by atoms with Crippen molar-refractivity contribution in [2.75, 3.05) is 19.8 Å². The maximum atomic E-state index is 11.8. The number of nitrogens with one attached hydrogen (secondary N) is 1. The van der Waals surface area contributed by atoms with E-state index in [9.17, 15) is 9.59 Å². The molecule has 7 heteroatoms. The molecular formula is C13H18N2O5. The van der Waals surface area contributed by atoms with Gasteiger partial charge in [-0.2, -0.15) is 0 Å². The van der Waals surface area contributed by atoms with Crippen LogP contribution in [0.2, 0.25) is 0 Å². The monoisotopic (exact) mass is 282 g/mol. The van der Waals surface area contributed by atoms with Gasteiger partial charge in [-0.15, -0.1) is 0 Å². The molecule has 2 rings (SSSR count). The van der Waals surface area contributed by atoms with Crippen LogP contribution in [-0.2, 0) is 14.3 Å². The fourth-order valence-corrected chi connectivity index (χ4v) is 2.06. The number of rotatable bonds is 5. The highest BCUT2D eigenvalue weighted by atomic mass is 16.5. The number of hydrogen-bond donors (Lipinski definition) is 1. The van der Waals surface area contributed by atoms with Gasteiger partial charge in [0, 0.05) is 13.2 Å². The topological polar surface area (TPSA) is 90.7 Å². The molecule has 0 bridgehead atoms. The summed E-state index contributed by atoms with van der Waals surface area (Å²) in [5.74, 6) is -0.568. The molecule has 0 saturated carbocycles. The van der Waals surface area contributed by atoms with Crippen molar-refractivity contribution >= 4 is 11.9 Å². The lowest BCUT2D eigenvalue weighted by atomic mass is 10.2. The van der Waals surface area contributed by atoms with Crippen molar-refractivity contribution in [3.8, 4) is 0 Å². The Labute approximate surface area is 116 Å². The number of amides is 1. The standard InChI is InChI=1S/C13H18N2O5/c1-8-12(9(2)20-15-8)13(17)19-7-11(16)14-6-10-4-3-5-18-10/h10H,3-7H2,1-2H3,(H,14,16). The molecule has 1 aliphatic rings. The predicted molar refractivity (Wildman–Crippen MR) is 68.2 cm³/mol. The minimum Gasteiger partial charge on any atom is -0.452 e. The molecule has 20 heavy (non-hydrogen) atoms. The first-order chi connectivity index (χ1) is 9.58. The van der Waals surface area contributed by atoms with Crippen molar-refractivity contribution in [2.45, 2.75) is 32.8 Å². The quantitative estimate of drug-likeness (QED) is 0.801. The van der Waals surface area contributed by atoms with E-state index in [0.29, 0.717) is 18.0 Å². The first-order valence-corrected chi connectivity index (χ1v) is 6.56. The van der Waals surface area contributed by atoms with Crippen molar-refractivity contribution in [1.29, 1.82) is 0 Å². The van der Waals surface area contributed by atoms with Crippen LogP contribution < -0.4 is 5.32 Å². The van der Waals surface area contributed by atoms with Gasteiger partial charge in [0.2, 0.25) is 0 Å². The van der Waals surface area contributed by atoms with Gasteiger partial charge in [-0.1, -0.05) is 5.16 Å². The number of carbonyl (C=O) groups excluding carboxylic acids is 2. The summed E-state index contributed by atoms with van der Waals surface area (Å²) in [6.07, 6.45) is 2.03. The zero-order chi connectivity index (χ0) is 14.5. The Balaban J connectivity index is 1.74. The average Bonchev–Trinajstić information content (AvgIpc) is 3.04. The van der Waals surface area contributed by atoms with Crippen LogP contribution in [0.1, 0.15) is 34.7 Å². The molecule has 1 N–H and O–H groups in total. The molecular weight excluding hydrogens is 264 g/mol. The van der Waals surface area contributed by atoms with E-state index in [1.807, 2.05) is 0 Å². The van der Waals surface area contributed by atoms with Gasteiger partial charge in [-0.05, 0) is 26.7 Å². The van der Waals surface area contributed by atoms with Gasteiger partial charge >= 0.3 is 5.97 Å². The number of ether oxygens (including phenoxy) is 2. The Bertz CT molecular complexity index is 471. The van der Waals surface area contributed by atoms with Crippen LogP contribution in [0.3, 0.4) is 0 Å². The van der Waals surface area contributed by atoms with Gasteiger partial charge in [0.15, 0.2) is 6.61 Å². The van der Waals surface area contributed by atoms with Crippen LogP contribution >= 0.6 is 0 Å². The number of hydrogen-bond acceptors (Lipinski definition) is 6. The highest BCUT2D eigenvalue weighted by molar-refractivity contribution is 5.93. The molecule has 1 aliphatic heterocycles. The summed E-state index contributed by atoms with van der Waals surface area (Å²) in [5.41, 5.74) is 0.726. The molecule has 1 unspecified atom stereocenters. The number of esters is 1. The minimum absolute atomic E-state index is 0.0669. The Kier molecular flexibility index (Phi) is 4.73. The molecule has 0 aromatic carbocycles. The second-order valence-electron chi connectivity index (χ2n) is 4.71. The summed E-state index contributed by atoms with van der Waals surface area (Å²) in [6.45, 7) is 4.12. The van der Waals surface area contributed by atoms with E-state index >= 15 is 0 Å². The van der Waals surface area contributed by atoms with Crippen molar-refractivity contribution in [1.82, 2.24) is 10.5 Å². The molecule has 1 atom stereocenters. The van der Waals surface area contributed by atoms with Crippen LogP contribution in [-0.4, -0.2) is 42.9 Å². The van der Waals surface area contributed by atoms with E-state index in [1.54, 1.807) is 13.8 Å². The van der Waals surface area contributed by atoms with Crippen LogP contribution in [0.15, 0.2) is 4.52 Å². The maximum absolute atomic E-state index is 11.8.